The molecule has 0 spiro atoms. The van der Waals surface area contributed by atoms with Crippen LogP contribution in [0, 0.1) is 0 Å². The van der Waals surface area contributed by atoms with Crippen molar-refractivity contribution in [2.75, 3.05) is 24.5 Å². The highest BCUT2D eigenvalue weighted by atomic mass is 16.3. The van der Waals surface area contributed by atoms with E-state index in [4.69, 9.17) is 0 Å². The Bertz CT molecular complexity index is 517. The van der Waals surface area contributed by atoms with E-state index in [1.165, 1.54) is 11.3 Å². The SMILES string of the molecule is CC1CCc2ccccc2N1CCC(=O)N1CC[C@H](O)C1. The first kappa shape index (κ1) is 14.4. The summed E-state index contributed by atoms with van der Waals surface area (Å²) >= 11 is 0. The number of aryl methyl sites for hydroxylation is 1. The van der Waals surface area contributed by atoms with Crippen LogP contribution >= 0.6 is 0 Å². The Morgan fingerprint density at radius 1 is 1.33 bits per heavy atom. The van der Waals surface area contributed by atoms with Crippen LogP contribution in [0.15, 0.2) is 24.3 Å². The highest BCUT2D eigenvalue weighted by molar-refractivity contribution is 5.77. The van der Waals surface area contributed by atoms with Crippen molar-refractivity contribution >= 4 is 11.6 Å². The zero-order valence-electron chi connectivity index (χ0n) is 12.7. The second-order valence-corrected chi connectivity index (χ2v) is 6.24. The van der Waals surface area contributed by atoms with Crippen LogP contribution in [0.4, 0.5) is 5.69 Å². The van der Waals surface area contributed by atoms with Crippen LogP contribution in [-0.2, 0) is 11.2 Å². The van der Waals surface area contributed by atoms with Gasteiger partial charge in [-0.25, -0.2) is 0 Å². The molecule has 1 amide bonds. The Kier molecular flexibility index (Phi) is 4.15. The lowest BCUT2D eigenvalue weighted by atomic mass is 9.96. The number of carbonyl (C=O) groups is 1. The first-order chi connectivity index (χ1) is 10.1. The Hall–Kier alpha value is -1.55. The van der Waals surface area contributed by atoms with Gasteiger partial charge >= 0.3 is 0 Å². The average Bonchev–Trinajstić information content (AvgIpc) is 2.92. The fraction of sp³-hybridized carbons (Fsp3) is 0.588. The number of fused-ring (bicyclic) bond motifs is 1. The average molecular weight is 288 g/mol. The third kappa shape index (κ3) is 3.05. The highest BCUT2D eigenvalue weighted by Gasteiger charge is 2.27. The van der Waals surface area contributed by atoms with E-state index in [0.717, 1.165) is 19.4 Å². The van der Waals surface area contributed by atoms with Crippen molar-refractivity contribution in [1.29, 1.82) is 0 Å². The van der Waals surface area contributed by atoms with Crippen LogP contribution in [0.1, 0.15) is 31.7 Å². The number of aliphatic hydroxyl groups is 1. The third-order valence-corrected chi connectivity index (χ3v) is 4.75. The Morgan fingerprint density at radius 3 is 2.90 bits per heavy atom. The van der Waals surface area contributed by atoms with Gasteiger partial charge in [-0.2, -0.15) is 0 Å². The number of nitrogens with zero attached hydrogens (tertiary/aromatic N) is 2. The lowest BCUT2D eigenvalue weighted by Crippen LogP contribution is -2.40. The molecule has 1 aromatic carbocycles. The second kappa shape index (κ2) is 6.06. The number of carbonyl (C=O) groups excluding carboxylic acids is 1. The summed E-state index contributed by atoms with van der Waals surface area (Å²) in [5.41, 5.74) is 2.67. The number of benzene rings is 1. The van der Waals surface area contributed by atoms with Crippen molar-refractivity contribution in [3.8, 4) is 0 Å². The van der Waals surface area contributed by atoms with Crippen molar-refractivity contribution in [3.05, 3.63) is 29.8 Å². The van der Waals surface area contributed by atoms with E-state index in [1.54, 1.807) is 4.90 Å². The van der Waals surface area contributed by atoms with Gasteiger partial charge < -0.3 is 14.9 Å². The largest absolute Gasteiger partial charge is 0.391 e. The van der Waals surface area contributed by atoms with Crippen LogP contribution in [0.5, 0.6) is 0 Å². The predicted molar refractivity (Wildman–Crippen MR) is 83.4 cm³/mol. The number of β-amino-alcohol motifs (C(OH)–C–C–N with tert-alkyl or cyclic N) is 1. The van der Waals surface area contributed by atoms with Gasteiger partial charge in [0.1, 0.15) is 0 Å². The van der Waals surface area contributed by atoms with Crippen molar-refractivity contribution in [1.82, 2.24) is 4.90 Å². The van der Waals surface area contributed by atoms with Gasteiger partial charge in [0.25, 0.3) is 0 Å². The molecule has 1 N–H and O–H groups in total. The molecule has 1 unspecified atom stereocenters. The molecule has 4 nitrogen and oxygen atoms in total. The number of hydrogen-bond donors (Lipinski definition) is 1. The van der Waals surface area contributed by atoms with Crippen LogP contribution in [0.2, 0.25) is 0 Å². The van der Waals surface area contributed by atoms with Crippen molar-refractivity contribution in [2.45, 2.75) is 44.8 Å². The highest BCUT2D eigenvalue weighted by Crippen LogP contribution is 2.30. The molecule has 1 saturated heterocycles. The number of likely N-dealkylation sites (tertiary alicyclic amines) is 1. The normalized spacial score (nSPS) is 25.0. The number of aliphatic hydroxyl groups excluding tert-OH is 1. The summed E-state index contributed by atoms with van der Waals surface area (Å²) in [5, 5.41) is 9.53. The maximum Gasteiger partial charge on any atom is 0.224 e. The number of rotatable bonds is 3. The van der Waals surface area contributed by atoms with Crippen LogP contribution in [0.25, 0.3) is 0 Å². The van der Waals surface area contributed by atoms with E-state index in [2.05, 4.69) is 36.1 Å². The van der Waals surface area contributed by atoms with Crippen molar-refractivity contribution in [3.63, 3.8) is 0 Å². The number of para-hydroxylation sites is 1. The van der Waals surface area contributed by atoms with Gasteiger partial charge in [0.05, 0.1) is 6.10 Å². The molecule has 21 heavy (non-hydrogen) atoms. The molecule has 2 heterocycles. The minimum absolute atomic E-state index is 0.168. The fourth-order valence-corrected chi connectivity index (χ4v) is 3.44. The molecule has 3 rings (SSSR count). The second-order valence-electron chi connectivity index (χ2n) is 6.24. The van der Waals surface area contributed by atoms with Gasteiger partial charge in [-0.05, 0) is 37.8 Å². The van der Waals surface area contributed by atoms with E-state index >= 15 is 0 Å². The van der Waals surface area contributed by atoms with Crippen LogP contribution in [0.3, 0.4) is 0 Å². The maximum absolute atomic E-state index is 12.2. The zero-order valence-corrected chi connectivity index (χ0v) is 12.7. The molecular formula is C17H24N2O2. The monoisotopic (exact) mass is 288 g/mol. The summed E-state index contributed by atoms with van der Waals surface area (Å²) in [7, 11) is 0. The van der Waals surface area contributed by atoms with Gasteiger partial charge in [0, 0.05) is 37.8 Å². The standard InChI is InChI=1S/C17H24N2O2/c1-13-6-7-14-4-2-3-5-16(14)19(13)11-9-17(21)18-10-8-15(20)12-18/h2-5,13,15,20H,6-12H2,1H3/t13?,15-/m0/s1. The maximum atomic E-state index is 12.2. The van der Waals surface area contributed by atoms with E-state index in [0.29, 0.717) is 32.0 Å². The van der Waals surface area contributed by atoms with Gasteiger partial charge in [-0.15, -0.1) is 0 Å². The van der Waals surface area contributed by atoms with Gasteiger partial charge in [-0.3, -0.25) is 4.79 Å². The number of amides is 1. The van der Waals surface area contributed by atoms with E-state index in [9.17, 15) is 9.90 Å². The minimum Gasteiger partial charge on any atom is -0.391 e. The number of hydrogen-bond acceptors (Lipinski definition) is 3. The molecule has 1 aromatic rings. The van der Waals surface area contributed by atoms with Gasteiger partial charge in [-0.1, -0.05) is 18.2 Å². The quantitative estimate of drug-likeness (QED) is 0.922. The van der Waals surface area contributed by atoms with Crippen molar-refractivity contribution < 1.29 is 9.90 Å². The van der Waals surface area contributed by atoms with Gasteiger partial charge in [0.15, 0.2) is 0 Å². The zero-order chi connectivity index (χ0) is 14.8. The molecule has 0 radical (unpaired) electrons. The predicted octanol–water partition coefficient (Wildman–Crippen LogP) is 1.81. The summed E-state index contributed by atoms with van der Waals surface area (Å²) in [6, 6.07) is 8.99. The molecule has 0 saturated carbocycles. The summed E-state index contributed by atoms with van der Waals surface area (Å²) in [6.45, 7) is 4.21. The van der Waals surface area contributed by atoms with Crippen molar-refractivity contribution in [2.24, 2.45) is 0 Å². The Morgan fingerprint density at radius 2 is 2.14 bits per heavy atom. The third-order valence-electron chi connectivity index (χ3n) is 4.75. The molecule has 2 atom stereocenters. The van der Waals surface area contributed by atoms with Crippen LogP contribution < -0.4 is 4.90 Å². The molecule has 1 fully saturated rings. The van der Waals surface area contributed by atoms with Crippen LogP contribution in [-0.4, -0.2) is 47.7 Å². The number of anilines is 1. The molecule has 4 heteroatoms. The molecule has 2 aliphatic rings. The molecule has 114 valence electrons. The smallest absolute Gasteiger partial charge is 0.224 e. The Balaban J connectivity index is 1.63. The van der Waals surface area contributed by atoms with Gasteiger partial charge in [0.2, 0.25) is 5.91 Å². The first-order valence-electron chi connectivity index (χ1n) is 7.95. The van der Waals surface area contributed by atoms with E-state index < -0.39 is 0 Å². The molecular weight excluding hydrogens is 264 g/mol. The molecule has 2 aliphatic heterocycles. The van der Waals surface area contributed by atoms with E-state index in [1.807, 2.05) is 0 Å². The Labute approximate surface area is 126 Å². The lowest BCUT2D eigenvalue weighted by molar-refractivity contribution is -0.130. The molecule has 0 bridgehead atoms. The first-order valence-corrected chi connectivity index (χ1v) is 7.95. The summed E-state index contributed by atoms with van der Waals surface area (Å²) in [6.07, 6.45) is 3.19. The minimum atomic E-state index is -0.330. The summed E-state index contributed by atoms with van der Waals surface area (Å²) in [5.74, 6) is 0.168. The lowest BCUT2D eigenvalue weighted by Gasteiger charge is -2.37. The van der Waals surface area contributed by atoms with E-state index in [-0.39, 0.29) is 12.0 Å². The fourth-order valence-electron chi connectivity index (χ4n) is 3.44. The molecule has 0 aromatic heterocycles. The summed E-state index contributed by atoms with van der Waals surface area (Å²) < 4.78 is 0. The molecule has 0 aliphatic carbocycles. The topological polar surface area (TPSA) is 43.8 Å². The summed E-state index contributed by atoms with van der Waals surface area (Å²) in [4.78, 5) is 16.4.